The summed E-state index contributed by atoms with van der Waals surface area (Å²) in [5, 5.41) is 0. The maximum atomic E-state index is 13.9. The molecule has 32 heavy (non-hydrogen) atoms. The molecule has 0 unspecified atom stereocenters. The Kier molecular flexibility index (Phi) is 7.71. The zero-order valence-electron chi connectivity index (χ0n) is 18.3. The molecule has 0 radical (unpaired) electrons. The molecule has 7 nitrogen and oxygen atoms in total. The van der Waals surface area contributed by atoms with E-state index in [9.17, 15) is 27.6 Å². The van der Waals surface area contributed by atoms with E-state index in [4.69, 9.17) is 14.2 Å². The number of nitrogens with zero attached hydrogens (tertiary/aromatic N) is 1. The number of carbonyl (C=O) groups is 3. The minimum atomic E-state index is -4.77. The fourth-order valence-electron chi connectivity index (χ4n) is 3.69. The Morgan fingerprint density at radius 3 is 1.81 bits per heavy atom. The van der Waals surface area contributed by atoms with Crippen LogP contribution < -0.4 is 0 Å². The average Bonchev–Trinajstić information content (AvgIpc) is 2.72. The first-order chi connectivity index (χ1) is 15.0. The highest BCUT2D eigenvalue weighted by atomic mass is 19.4. The number of benzene rings is 1. The highest BCUT2D eigenvalue weighted by molar-refractivity contribution is 6.01. The number of carbonyl (C=O) groups excluding carboxylic acids is 3. The first kappa shape index (κ1) is 25.0. The molecule has 0 aromatic heterocycles. The van der Waals surface area contributed by atoms with Gasteiger partial charge in [-0.3, -0.25) is 4.90 Å². The van der Waals surface area contributed by atoms with E-state index in [0.29, 0.717) is 0 Å². The average molecular weight is 455 g/mol. The molecule has 0 bridgehead atoms. The zero-order chi connectivity index (χ0) is 24.2. The summed E-state index contributed by atoms with van der Waals surface area (Å²) in [6.07, 6.45) is -5.69. The Balaban J connectivity index is 2.96. The summed E-state index contributed by atoms with van der Waals surface area (Å²) in [5.41, 5.74) is -1.97. The van der Waals surface area contributed by atoms with Gasteiger partial charge in [0, 0.05) is 11.4 Å². The van der Waals surface area contributed by atoms with Crippen LogP contribution in [0.5, 0.6) is 0 Å². The number of hydrogen-bond donors (Lipinski definition) is 0. The Hall–Kier alpha value is -3.30. The monoisotopic (exact) mass is 455 g/mol. The van der Waals surface area contributed by atoms with E-state index in [2.05, 4.69) is 0 Å². The Morgan fingerprint density at radius 1 is 0.938 bits per heavy atom. The van der Waals surface area contributed by atoms with Gasteiger partial charge in [0.1, 0.15) is 0 Å². The van der Waals surface area contributed by atoms with Gasteiger partial charge in [-0.15, -0.1) is 0 Å². The van der Waals surface area contributed by atoms with E-state index in [0.717, 1.165) is 18.1 Å². The van der Waals surface area contributed by atoms with Crippen LogP contribution >= 0.6 is 0 Å². The minimum absolute atomic E-state index is 0.0113. The number of methoxy groups -OCH3 is 1. The van der Waals surface area contributed by atoms with Gasteiger partial charge in [0.25, 0.3) is 0 Å². The summed E-state index contributed by atoms with van der Waals surface area (Å²) in [6, 6.07) is 4.61. The quantitative estimate of drug-likeness (QED) is 0.479. The van der Waals surface area contributed by atoms with Crippen molar-refractivity contribution in [1.82, 2.24) is 4.90 Å². The van der Waals surface area contributed by atoms with Crippen LogP contribution in [0.15, 0.2) is 46.8 Å². The standard InChI is InChI=1S/C22H24F3NO6/c1-6-31-19(27)16-12(3)26(21(29)30-5)13(4)17(20(28)32-7-2)18(16)14-10-8-9-11-15(14)22(23,24)25/h8-11,18H,6-7H2,1-5H3. The van der Waals surface area contributed by atoms with Gasteiger partial charge in [-0.25, -0.2) is 14.4 Å². The van der Waals surface area contributed by atoms with E-state index in [1.54, 1.807) is 0 Å². The summed E-state index contributed by atoms with van der Waals surface area (Å²) < 4.78 is 56.5. The Morgan fingerprint density at radius 2 is 1.41 bits per heavy atom. The molecule has 0 spiro atoms. The van der Waals surface area contributed by atoms with Crippen LogP contribution in [0.3, 0.4) is 0 Å². The van der Waals surface area contributed by atoms with Crippen molar-refractivity contribution in [2.75, 3.05) is 20.3 Å². The van der Waals surface area contributed by atoms with Crippen molar-refractivity contribution in [2.45, 2.75) is 39.8 Å². The second-order valence-corrected chi connectivity index (χ2v) is 6.76. The van der Waals surface area contributed by atoms with Gasteiger partial charge in [0.05, 0.1) is 43.0 Å². The second kappa shape index (κ2) is 9.88. The second-order valence-electron chi connectivity index (χ2n) is 6.76. The summed E-state index contributed by atoms with van der Waals surface area (Å²) in [4.78, 5) is 39.3. The molecule has 0 saturated heterocycles. The number of esters is 2. The molecule has 1 aromatic rings. The summed E-state index contributed by atoms with van der Waals surface area (Å²) in [7, 11) is 1.10. The summed E-state index contributed by atoms with van der Waals surface area (Å²) in [6.45, 7) is 5.66. The van der Waals surface area contributed by atoms with Gasteiger partial charge in [0.15, 0.2) is 0 Å². The van der Waals surface area contributed by atoms with Crippen LogP contribution in [0.2, 0.25) is 0 Å². The third-order valence-corrected chi connectivity index (χ3v) is 4.95. The third-order valence-electron chi connectivity index (χ3n) is 4.95. The first-order valence-corrected chi connectivity index (χ1v) is 9.81. The minimum Gasteiger partial charge on any atom is -0.463 e. The maximum absolute atomic E-state index is 13.9. The third kappa shape index (κ3) is 4.63. The van der Waals surface area contributed by atoms with Crippen LogP contribution in [0.25, 0.3) is 0 Å². The van der Waals surface area contributed by atoms with Crippen molar-refractivity contribution in [1.29, 1.82) is 0 Å². The van der Waals surface area contributed by atoms with Crippen molar-refractivity contribution in [3.8, 4) is 0 Å². The number of hydrogen-bond acceptors (Lipinski definition) is 6. The van der Waals surface area contributed by atoms with Gasteiger partial charge >= 0.3 is 24.2 Å². The SMILES string of the molecule is CCOC(=O)C1=C(C)N(C(=O)OC)C(C)=C(C(=O)OCC)C1c1ccccc1C(F)(F)F. The molecule has 1 aliphatic rings. The molecule has 10 heteroatoms. The van der Waals surface area contributed by atoms with E-state index in [-0.39, 0.29) is 41.3 Å². The summed E-state index contributed by atoms with van der Waals surface area (Å²) in [5.74, 6) is -3.41. The topological polar surface area (TPSA) is 82.1 Å². The van der Waals surface area contributed by atoms with Gasteiger partial charge in [-0.05, 0) is 39.3 Å². The molecule has 2 rings (SSSR count). The van der Waals surface area contributed by atoms with Gasteiger partial charge < -0.3 is 14.2 Å². The van der Waals surface area contributed by atoms with Gasteiger partial charge in [0.2, 0.25) is 0 Å². The molecule has 0 fully saturated rings. The summed E-state index contributed by atoms with van der Waals surface area (Å²) >= 11 is 0. The molecule has 0 aliphatic carbocycles. The van der Waals surface area contributed by atoms with Gasteiger partial charge in [-0.1, -0.05) is 18.2 Å². The maximum Gasteiger partial charge on any atom is 0.418 e. The fraction of sp³-hybridized carbons (Fsp3) is 0.409. The van der Waals surface area contributed by atoms with Crippen LogP contribution in [0.1, 0.15) is 44.7 Å². The fourth-order valence-corrected chi connectivity index (χ4v) is 3.69. The molecule has 1 aliphatic heterocycles. The lowest BCUT2D eigenvalue weighted by atomic mass is 9.78. The smallest absolute Gasteiger partial charge is 0.418 e. The van der Waals surface area contributed by atoms with Gasteiger partial charge in [-0.2, -0.15) is 13.2 Å². The lowest BCUT2D eigenvalue weighted by Gasteiger charge is -2.36. The van der Waals surface area contributed by atoms with Crippen LogP contribution in [0, 0.1) is 0 Å². The molecule has 1 amide bonds. The molecule has 0 saturated carbocycles. The highest BCUT2D eigenvalue weighted by Crippen LogP contribution is 2.46. The molecular weight excluding hydrogens is 431 g/mol. The lowest BCUT2D eigenvalue weighted by molar-refractivity contribution is -0.142. The number of halogens is 3. The predicted octanol–water partition coefficient (Wildman–Crippen LogP) is 4.55. The van der Waals surface area contributed by atoms with Crippen LogP contribution in [0.4, 0.5) is 18.0 Å². The molecule has 0 atom stereocenters. The number of amides is 1. The first-order valence-electron chi connectivity index (χ1n) is 9.81. The van der Waals surface area contributed by atoms with E-state index < -0.39 is 35.7 Å². The number of alkyl halides is 3. The normalized spacial score (nSPS) is 15.1. The Labute approximate surface area is 183 Å². The van der Waals surface area contributed by atoms with Crippen molar-refractivity contribution in [3.63, 3.8) is 0 Å². The van der Waals surface area contributed by atoms with Crippen molar-refractivity contribution in [2.24, 2.45) is 0 Å². The molecule has 174 valence electrons. The van der Waals surface area contributed by atoms with Crippen molar-refractivity contribution in [3.05, 3.63) is 57.9 Å². The van der Waals surface area contributed by atoms with Crippen LogP contribution in [-0.2, 0) is 30.0 Å². The largest absolute Gasteiger partial charge is 0.463 e. The zero-order valence-corrected chi connectivity index (χ0v) is 18.3. The lowest BCUT2D eigenvalue weighted by Crippen LogP contribution is -2.39. The van der Waals surface area contributed by atoms with E-state index in [1.165, 1.54) is 45.9 Å². The predicted molar refractivity (Wildman–Crippen MR) is 107 cm³/mol. The van der Waals surface area contributed by atoms with Crippen LogP contribution in [-0.4, -0.2) is 43.3 Å². The van der Waals surface area contributed by atoms with E-state index in [1.807, 2.05) is 0 Å². The van der Waals surface area contributed by atoms with E-state index >= 15 is 0 Å². The molecule has 1 heterocycles. The van der Waals surface area contributed by atoms with Crippen molar-refractivity contribution >= 4 is 18.0 Å². The highest BCUT2D eigenvalue weighted by Gasteiger charge is 2.46. The molecule has 0 N–H and O–H groups in total. The number of allylic oxidation sites excluding steroid dienone is 2. The number of ether oxygens (including phenoxy) is 3. The van der Waals surface area contributed by atoms with Crippen molar-refractivity contribution < 1.29 is 41.8 Å². The molecule has 1 aromatic carbocycles. The molecular formula is C22H24F3NO6. The Bertz CT molecular complexity index is 938. The number of rotatable bonds is 5.